The van der Waals surface area contributed by atoms with Crippen molar-refractivity contribution in [3.63, 3.8) is 0 Å². The van der Waals surface area contributed by atoms with Crippen LogP contribution in [0.3, 0.4) is 0 Å². The average molecular weight is 215 g/mol. The summed E-state index contributed by atoms with van der Waals surface area (Å²) in [5, 5.41) is 11.5. The normalized spacial score (nSPS) is 10.9. The predicted octanol–water partition coefficient (Wildman–Crippen LogP) is 2.66. The zero-order valence-corrected chi connectivity index (χ0v) is 10.1. The number of unbranched alkanes of at least 4 members (excludes halogenated alkanes) is 3. The Bertz CT molecular complexity index is 158. The Morgan fingerprint density at radius 1 is 1.13 bits per heavy atom. The minimum absolute atomic E-state index is 0.230. The number of nitrogens with one attached hydrogen (secondary N) is 1. The van der Waals surface area contributed by atoms with Crippen molar-refractivity contribution in [1.82, 2.24) is 5.32 Å². The van der Waals surface area contributed by atoms with Crippen molar-refractivity contribution in [2.75, 3.05) is 13.1 Å². The van der Waals surface area contributed by atoms with Crippen LogP contribution < -0.4 is 5.32 Å². The van der Waals surface area contributed by atoms with Crippen LogP contribution in [0.5, 0.6) is 0 Å². The number of hydrogen-bond donors (Lipinski definition) is 2. The van der Waals surface area contributed by atoms with Gasteiger partial charge >= 0.3 is 5.97 Å². The fourth-order valence-corrected chi connectivity index (χ4v) is 1.48. The summed E-state index contributed by atoms with van der Waals surface area (Å²) < 4.78 is 0. The van der Waals surface area contributed by atoms with Crippen molar-refractivity contribution in [2.45, 2.75) is 52.4 Å². The summed E-state index contributed by atoms with van der Waals surface area (Å²) >= 11 is 0. The van der Waals surface area contributed by atoms with E-state index < -0.39 is 5.97 Å². The Morgan fingerprint density at radius 3 is 2.40 bits per heavy atom. The fourth-order valence-electron chi connectivity index (χ4n) is 1.48. The van der Waals surface area contributed by atoms with Gasteiger partial charge in [0, 0.05) is 6.54 Å². The van der Waals surface area contributed by atoms with E-state index >= 15 is 0 Å². The van der Waals surface area contributed by atoms with Gasteiger partial charge in [-0.15, -0.1) is 0 Å². The first kappa shape index (κ1) is 14.4. The van der Waals surface area contributed by atoms with Gasteiger partial charge in [-0.25, -0.2) is 0 Å². The minimum Gasteiger partial charge on any atom is -0.481 e. The molecule has 0 aliphatic heterocycles. The quantitative estimate of drug-likeness (QED) is 0.551. The molecule has 0 amide bonds. The van der Waals surface area contributed by atoms with Crippen molar-refractivity contribution in [3.05, 3.63) is 0 Å². The van der Waals surface area contributed by atoms with Crippen LogP contribution >= 0.6 is 0 Å². The lowest BCUT2D eigenvalue weighted by Crippen LogP contribution is -2.19. The van der Waals surface area contributed by atoms with Crippen molar-refractivity contribution < 1.29 is 9.90 Å². The third kappa shape index (κ3) is 13.4. The summed E-state index contributed by atoms with van der Waals surface area (Å²) in [5.41, 5.74) is 0. The van der Waals surface area contributed by atoms with Gasteiger partial charge in [-0.3, -0.25) is 4.79 Å². The van der Waals surface area contributed by atoms with E-state index in [1.807, 2.05) is 0 Å². The molecule has 0 atom stereocenters. The smallest absolute Gasteiger partial charge is 0.304 e. The third-order valence-electron chi connectivity index (χ3n) is 2.40. The topological polar surface area (TPSA) is 49.3 Å². The fraction of sp³-hybridized carbons (Fsp3) is 0.917. The lowest BCUT2D eigenvalue weighted by molar-refractivity contribution is -0.136. The minimum atomic E-state index is -0.723. The highest BCUT2D eigenvalue weighted by atomic mass is 16.4. The molecule has 0 spiro atoms. The molecular weight excluding hydrogens is 190 g/mol. The van der Waals surface area contributed by atoms with E-state index in [2.05, 4.69) is 19.2 Å². The Morgan fingerprint density at radius 2 is 1.80 bits per heavy atom. The van der Waals surface area contributed by atoms with Crippen LogP contribution in [0.1, 0.15) is 52.4 Å². The number of hydrogen-bond acceptors (Lipinski definition) is 2. The third-order valence-corrected chi connectivity index (χ3v) is 2.40. The second-order valence-electron chi connectivity index (χ2n) is 4.49. The molecule has 0 aliphatic rings. The van der Waals surface area contributed by atoms with E-state index in [1.165, 1.54) is 25.7 Å². The first-order valence-electron chi connectivity index (χ1n) is 6.05. The van der Waals surface area contributed by atoms with Gasteiger partial charge in [0.05, 0.1) is 6.42 Å². The first-order valence-corrected chi connectivity index (χ1v) is 6.05. The largest absolute Gasteiger partial charge is 0.481 e. The predicted molar refractivity (Wildman–Crippen MR) is 63.0 cm³/mol. The van der Waals surface area contributed by atoms with Gasteiger partial charge in [-0.05, 0) is 18.9 Å². The van der Waals surface area contributed by atoms with Gasteiger partial charge in [0.1, 0.15) is 0 Å². The van der Waals surface area contributed by atoms with E-state index in [4.69, 9.17) is 5.11 Å². The summed E-state index contributed by atoms with van der Waals surface area (Å²) in [5.74, 6) is 0.0955. The van der Waals surface area contributed by atoms with Crippen LogP contribution in [0.2, 0.25) is 0 Å². The number of carboxylic acid groups (broad SMARTS) is 1. The molecule has 15 heavy (non-hydrogen) atoms. The Balaban J connectivity index is 2.96. The van der Waals surface area contributed by atoms with Crippen molar-refractivity contribution in [1.29, 1.82) is 0 Å². The molecule has 0 saturated carbocycles. The summed E-state index contributed by atoms with van der Waals surface area (Å²) in [4.78, 5) is 10.2. The van der Waals surface area contributed by atoms with E-state index in [1.54, 1.807) is 0 Å². The molecule has 0 aromatic carbocycles. The van der Waals surface area contributed by atoms with E-state index in [9.17, 15) is 4.79 Å². The molecule has 0 rings (SSSR count). The highest BCUT2D eigenvalue weighted by molar-refractivity contribution is 5.66. The van der Waals surface area contributed by atoms with Crippen LogP contribution in [0.15, 0.2) is 0 Å². The molecule has 90 valence electrons. The van der Waals surface area contributed by atoms with Gasteiger partial charge in [0.15, 0.2) is 0 Å². The van der Waals surface area contributed by atoms with Crippen molar-refractivity contribution in [2.24, 2.45) is 5.92 Å². The zero-order valence-electron chi connectivity index (χ0n) is 10.1. The molecule has 0 radical (unpaired) electrons. The number of rotatable bonds is 10. The standard InChI is InChI=1S/C12H25NO2/c1-11(2)7-5-3-4-6-9-13-10-8-12(14)15/h11,13H,3-10H2,1-2H3,(H,14,15). The van der Waals surface area contributed by atoms with Gasteiger partial charge in [0.2, 0.25) is 0 Å². The van der Waals surface area contributed by atoms with Gasteiger partial charge in [0.25, 0.3) is 0 Å². The molecule has 0 aromatic heterocycles. The highest BCUT2D eigenvalue weighted by Gasteiger charge is 1.96. The van der Waals surface area contributed by atoms with Crippen LogP contribution in [0.4, 0.5) is 0 Å². The first-order chi connectivity index (χ1) is 7.13. The monoisotopic (exact) mass is 215 g/mol. The molecular formula is C12H25NO2. The Labute approximate surface area is 93.3 Å². The van der Waals surface area contributed by atoms with Crippen LogP contribution in [0, 0.1) is 5.92 Å². The maximum Gasteiger partial charge on any atom is 0.304 e. The summed E-state index contributed by atoms with van der Waals surface area (Å²) in [6, 6.07) is 0. The summed E-state index contributed by atoms with van der Waals surface area (Å²) in [6.45, 7) is 6.07. The van der Waals surface area contributed by atoms with Gasteiger partial charge in [-0.1, -0.05) is 39.5 Å². The maximum atomic E-state index is 10.2. The number of carboxylic acids is 1. The lowest BCUT2D eigenvalue weighted by atomic mass is 10.0. The SMILES string of the molecule is CC(C)CCCCCCNCCC(=O)O. The average Bonchev–Trinajstić information content (AvgIpc) is 2.14. The summed E-state index contributed by atoms with van der Waals surface area (Å²) in [7, 11) is 0. The zero-order chi connectivity index (χ0) is 11.5. The molecule has 0 unspecified atom stereocenters. The Hall–Kier alpha value is -0.570. The molecule has 0 bridgehead atoms. The number of aliphatic carboxylic acids is 1. The second kappa shape index (κ2) is 9.97. The molecule has 0 aliphatic carbocycles. The maximum absolute atomic E-state index is 10.2. The molecule has 0 aromatic rings. The van der Waals surface area contributed by atoms with Crippen LogP contribution in [-0.2, 0) is 4.79 Å². The van der Waals surface area contributed by atoms with E-state index in [0.717, 1.165) is 18.9 Å². The molecule has 0 heterocycles. The lowest BCUT2D eigenvalue weighted by Gasteiger charge is -2.05. The van der Waals surface area contributed by atoms with Gasteiger partial charge < -0.3 is 10.4 Å². The molecule has 0 fully saturated rings. The van der Waals surface area contributed by atoms with Gasteiger partial charge in [-0.2, -0.15) is 0 Å². The second-order valence-corrected chi connectivity index (χ2v) is 4.49. The van der Waals surface area contributed by atoms with Crippen molar-refractivity contribution in [3.8, 4) is 0 Å². The highest BCUT2D eigenvalue weighted by Crippen LogP contribution is 2.08. The molecule has 3 nitrogen and oxygen atoms in total. The van der Waals surface area contributed by atoms with E-state index in [-0.39, 0.29) is 6.42 Å². The van der Waals surface area contributed by atoms with Crippen molar-refractivity contribution >= 4 is 5.97 Å². The van der Waals surface area contributed by atoms with Crippen LogP contribution in [0.25, 0.3) is 0 Å². The van der Waals surface area contributed by atoms with Crippen LogP contribution in [-0.4, -0.2) is 24.2 Å². The molecule has 2 N–H and O–H groups in total. The van der Waals surface area contributed by atoms with E-state index in [0.29, 0.717) is 6.54 Å². The summed E-state index contributed by atoms with van der Waals surface area (Å²) in [6.07, 6.45) is 6.61. The Kier molecular flexibility index (Phi) is 9.59. The number of carbonyl (C=O) groups is 1. The molecule has 3 heteroatoms. The molecule has 0 saturated heterocycles.